The van der Waals surface area contributed by atoms with E-state index in [4.69, 9.17) is 0 Å². The molecule has 6 nitrogen and oxygen atoms in total. The van der Waals surface area contributed by atoms with Crippen molar-refractivity contribution in [3.8, 4) is 0 Å². The van der Waals surface area contributed by atoms with Crippen molar-refractivity contribution >= 4 is 17.5 Å². The van der Waals surface area contributed by atoms with Crippen molar-refractivity contribution in [3.63, 3.8) is 0 Å². The Morgan fingerprint density at radius 3 is 2.61 bits per heavy atom. The highest BCUT2D eigenvalue weighted by Crippen LogP contribution is 2.21. The second kappa shape index (κ2) is 8.59. The molecule has 1 aromatic heterocycles. The lowest BCUT2D eigenvalue weighted by Gasteiger charge is -2.36. The third kappa shape index (κ3) is 4.43. The van der Waals surface area contributed by atoms with Gasteiger partial charge in [-0.2, -0.15) is 0 Å². The minimum atomic E-state index is -0.00186. The maximum atomic E-state index is 12.9. The summed E-state index contributed by atoms with van der Waals surface area (Å²) in [5.74, 6) is 0.578. The van der Waals surface area contributed by atoms with Crippen molar-refractivity contribution < 1.29 is 4.79 Å². The minimum Gasteiger partial charge on any atom is -0.368 e. The molecule has 148 valence electrons. The zero-order chi connectivity index (χ0) is 19.3. The topological polar surface area (TPSA) is 61.4 Å². The Bertz CT molecular complexity index is 810. The van der Waals surface area contributed by atoms with Gasteiger partial charge >= 0.3 is 0 Å². The van der Waals surface area contributed by atoms with E-state index in [9.17, 15) is 4.79 Å². The molecule has 2 aromatic rings. The lowest BCUT2D eigenvalue weighted by molar-refractivity contribution is 0.0741. The van der Waals surface area contributed by atoms with Crippen molar-refractivity contribution in [2.45, 2.75) is 45.1 Å². The normalized spacial score (nSPS) is 18.2. The molecule has 1 saturated heterocycles. The van der Waals surface area contributed by atoms with E-state index in [0.717, 1.165) is 25.9 Å². The molecule has 4 rings (SSSR count). The first-order valence-electron chi connectivity index (χ1n) is 10.4. The second-order valence-corrected chi connectivity index (χ2v) is 7.86. The summed E-state index contributed by atoms with van der Waals surface area (Å²) < 4.78 is 0. The molecule has 0 bridgehead atoms. The number of benzene rings is 1. The monoisotopic (exact) mass is 379 g/mol. The number of anilines is 2. The number of rotatable bonds is 4. The third-order valence-electron chi connectivity index (χ3n) is 5.75. The molecule has 6 heteroatoms. The number of aromatic nitrogens is 2. The minimum absolute atomic E-state index is 0.00186. The molecule has 2 heterocycles. The van der Waals surface area contributed by atoms with Crippen LogP contribution in [0.3, 0.4) is 0 Å². The molecular weight excluding hydrogens is 350 g/mol. The Labute approximate surface area is 167 Å². The van der Waals surface area contributed by atoms with Crippen molar-refractivity contribution in [3.05, 3.63) is 47.8 Å². The van der Waals surface area contributed by atoms with Gasteiger partial charge in [0.2, 0.25) is 5.95 Å². The lowest BCUT2D eigenvalue weighted by atomic mass is 9.96. The summed E-state index contributed by atoms with van der Waals surface area (Å²) >= 11 is 0. The summed E-state index contributed by atoms with van der Waals surface area (Å²) in [5, 5.41) is 3.41. The summed E-state index contributed by atoms with van der Waals surface area (Å²) in [4.78, 5) is 26.0. The molecule has 1 amide bonds. The molecule has 1 N–H and O–H groups in total. The summed E-state index contributed by atoms with van der Waals surface area (Å²) in [6.07, 6.45) is 7.81. The summed E-state index contributed by atoms with van der Waals surface area (Å²) in [5.41, 5.74) is 2.97. The average molecular weight is 380 g/mol. The van der Waals surface area contributed by atoms with Crippen LogP contribution in [0.25, 0.3) is 0 Å². The highest BCUT2D eigenvalue weighted by Gasteiger charge is 2.24. The maximum Gasteiger partial charge on any atom is 0.272 e. The molecule has 1 aliphatic heterocycles. The molecule has 2 fully saturated rings. The van der Waals surface area contributed by atoms with Gasteiger partial charge in [0.15, 0.2) is 0 Å². The molecule has 2 aliphatic rings. The zero-order valence-electron chi connectivity index (χ0n) is 16.6. The van der Waals surface area contributed by atoms with Gasteiger partial charge in [0.25, 0.3) is 5.91 Å². The molecule has 1 aliphatic carbocycles. The number of hydrogen-bond donors (Lipinski definition) is 1. The van der Waals surface area contributed by atoms with Crippen molar-refractivity contribution in [2.24, 2.45) is 0 Å². The SMILES string of the molecule is Cc1cccc(N2CCN(C(=O)c3ccnc(NC4CCCCC4)n3)CC2)c1. The summed E-state index contributed by atoms with van der Waals surface area (Å²) in [6.45, 7) is 5.21. The van der Waals surface area contributed by atoms with Crippen molar-refractivity contribution in [1.29, 1.82) is 0 Å². The maximum absolute atomic E-state index is 12.9. The first-order valence-corrected chi connectivity index (χ1v) is 10.4. The van der Waals surface area contributed by atoms with Crippen LogP contribution in [0, 0.1) is 6.92 Å². The number of aryl methyl sites for hydroxylation is 1. The first kappa shape index (κ1) is 18.7. The Morgan fingerprint density at radius 2 is 1.86 bits per heavy atom. The number of nitrogens with one attached hydrogen (secondary N) is 1. The van der Waals surface area contributed by atoms with Gasteiger partial charge in [0, 0.05) is 44.1 Å². The van der Waals surface area contributed by atoms with Crippen LogP contribution in [0.1, 0.15) is 48.2 Å². The van der Waals surface area contributed by atoms with Crippen LogP contribution in [0.2, 0.25) is 0 Å². The molecule has 1 saturated carbocycles. The van der Waals surface area contributed by atoms with Crippen LogP contribution < -0.4 is 10.2 Å². The van der Waals surface area contributed by atoms with E-state index in [1.807, 2.05) is 4.90 Å². The first-order chi connectivity index (χ1) is 13.7. The molecule has 0 radical (unpaired) electrons. The number of carbonyl (C=O) groups excluding carboxylic acids is 1. The van der Waals surface area contributed by atoms with Crippen LogP contribution in [0.15, 0.2) is 36.5 Å². The van der Waals surface area contributed by atoms with E-state index in [1.165, 1.54) is 30.5 Å². The number of piperazine rings is 1. The number of hydrogen-bond acceptors (Lipinski definition) is 5. The lowest BCUT2D eigenvalue weighted by Crippen LogP contribution is -2.49. The number of carbonyl (C=O) groups is 1. The Kier molecular flexibility index (Phi) is 5.74. The van der Waals surface area contributed by atoms with Gasteiger partial charge in [-0.3, -0.25) is 4.79 Å². The fraction of sp³-hybridized carbons (Fsp3) is 0.500. The number of amides is 1. The molecule has 0 spiro atoms. The second-order valence-electron chi connectivity index (χ2n) is 7.86. The van der Waals surface area contributed by atoms with Crippen LogP contribution >= 0.6 is 0 Å². The average Bonchev–Trinajstić information content (AvgIpc) is 2.74. The van der Waals surface area contributed by atoms with E-state index < -0.39 is 0 Å². The smallest absolute Gasteiger partial charge is 0.272 e. The van der Waals surface area contributed by atoms with Crippen LogP contribution in [-0.4, -0.2) is 53.0 Å². The zero-order valence-corrected chi connectivity index (χ0v) is 16.6. The standard InChI is InChI=1S/C22H29N5O/c1-17-6-5-9-19(16-17)26-12-14-27(15-13-26)21(28)20-10-11-23-22(25-20)24-18-7-3-2-4-8-18/h5-6,9-11,16,18H,2-4,7-8,12-15H2,1H3,(H,23,24,25). The van der Waals surface area contributed by atoms with Gasteiger partial charge in [0.05, 0.1) is 0 Å². The van der Waals surface area contributed by atoms with Crippen molar-refractivity contribution in [2.75, 3.05) is 36.4 Å². The largest absolute Gasteiger partial charge is 0.368 e. The van der Waals surface area contributed by atoms with Crippen LogP contribution in [-0.2, 0) is 0 Å². The number of nitrogens with zero attached hydrogens (tertiary/aromatic N) is 4. The van der Waals surface area contributed by atoms with Gasteiger partial charge in [-0.1, -0.05) is 31.4 Å². The fourth-order valence-corrected chi connectivity index (χ4v) is 4.13. The van der Waals surface area contributed by atoms with Crippen LogP contribution in [0.5, 0.6) is 0 Å². The third-order valence-corrected chi connectivity index (χ3v) is 5.75. The van der Waals surface area contributed by atoms with E-state index in [1.54, 1.807) is 12.3 Å². The van der Waals surface area contributed by atoms with Crippen molar-refractivity contribution in [1.82, 2.24) is 14.9 Å². The predicted molar refractivity (Wildman–Crippen MR) is 112 cm³/mol. The Morgan fingerprint density at radius 1 is 1.07 bits per heavy atom. The van der Waals surface area contributed by atoms with Gasteiger partial charge in [0.1, 0.15) is 5.69 Å². The Hall–Kier alpha value is -2.63. The fourth-order valence-electron chi connectivity index (χ4n) is 4.13. The van der Waals surface area contributed by atoms with Crippen LogP contribution in [0.4, 0.5) is 11.6 Å². The van der Waals surface area contributed by atoms with E-state index in [2.05, 4.69) is 51.4 Å². The molecule has 28 heavy (non-hydrogen) atoms. The van der Waals surface area contributed by atoms with Gasteiger partial charge in [-0.15, -0.1) is 0 Å². The highest BCUT2D eigenvalue weighted by molar-refractivity contribution is 5.92. The van der Waals surface area contributed by atoms with E-state index >= 15 is 0 Å². The van der Waals surface area contributed by atoms with Gasteiger partial charge in [-0.05, 0) is 43.5 Å². The summed E-state index contributed by atoms with van der Waals surface area (Å²) in [6, 6.07) is 10.7. The van der Waals surface area contributed by atoms with E-state index in [0.29, 0.717) is 30.8 Å². The molecular formula is C22H29N5O. The quantitative estimate of drug-likeness (QED) is 0.881. The Balaban J connectivity index is 1.36. The molecule has 1 aromatic carbocycles. The molecule has 0 unspecified atom stereocenters. The molecule has 0 atom stereocenters. The van der Waals surface area contributed by atoms with E-state index in [-0.39, 0.29) is 5.91 Å². The predicted octanol–water partition coefficient (Wildman–Crippen LogP) is 3.49. The highest BCUT2D eigenvalue weighted by atomic mass is 16.2. The summed E-state index contributed by atoms with van der Waals surface area (Å²) in [7, 11) is 0. The van der Waals surface area contributed by atoms with Gasteiger partial charge in [-0.25, -0.2) is 9.97 Å². The van der Waals surface area contributed by atoms with Gasteiger partial charge < -0.3 is 15.1 Å².